The number of benzene rings is 2. The van der Waals surface area contributed by atoms with Crippen LogP contribution in [0.25, 0.3) is 16.3 Å². The Kier molecular flexibility index (Phi) is 5.40. The second-order valence-electron chi connectivity index (χ2n) is 6.98. The lowest BCUT2D eigenvalue weighted by Gasteiger charge is -2.15. The number of fused-ring (bicyclic) bond motifs is 1. The summed E-state index contributed by atoms with van der Waals surface area (Å²) in [7, 11) is -3.30. The molecule has 2 amide bonds. The Morgan fingerprint density at radius 3 is 2.63 bits per heavy atom. The number of rotatable bonds is 5. The lowest BCUT2D eigenvalue weighted by Crippen LogP contribution is -2.23. The molecule has 1 fully saturated rings. The van der Waals surface area contributed by atoms with Crippen molar-refractivity contribution in [2.45, 2.75) is 17.7 Å². The van der Waals surface area contributed by atoms with Gasteiger partial charge in [0, 0.05) is 31.0 Å². The zero-order chi connectivity index (χ0) is 21.3. The maximum Gasteiger partial charge on any atom is 0.250 e. The molecule has 0 bridgehead atoms. The van der Waals surface area contributed by atoms with Gasteiger partial charge in [-0.15, -0.1) is 0 Å². The first-order valence-corrected chi connectivity index (χ1v) is 12.0. The molecule has 1 aliphatic rings. The highest BCUT2D eigenvalue weighted by atomic mass is 32.2. The molecular weight excluding hydrogens is 422 g/mol. The highest BCUT2D eigenvalue weighted by Crippen LogP contribution is 2.28. The van der Waals surface area contributed by atoms with E-state index in [1.54, 1.807) is 23.1 Å². The molecule has 0 saturated carbocycles. The monoisotopic (exact) mass is 441 g/mol. The molecule has 1 aliphatic heterocycles. The van der Waals surface area contributed by atoms with Crippen LogP contribution in [-0.2, 0) is 19.4 Å². The van der Waals surface area contributed by atoms with Gasteiger partial charge in [0.2, 0.25) is 11.8 Å². The van der Waals surface area contributed by atoms with Gasteiger partial charge >= 0.3 is 0 Å². The first-order valence-electron chi connectivity index (χ1n) is 9.30. The van der Waals surface area contributed by atoms with Gasteiger partial charge in [-0.2, -0.15) is 0 Å². The van der Waals surface area contributed by atoms with E-state index in [1.165, 1.54) is 23.5 Å². The zero-order valence-electron chi connectivity index (χ0n) is 16.2. The quantitative estimate of drug-likeness (QED) is 0.612. The number of hydrogen-bond donors (Lipinski definition) is 1. The molecule has 0 aliphatic carbocycles. The third-order valence-corrected chi connectivity index (χ3v) is 6.77. The van der Waals surface area contributed by atoms with Crippen molar-refractivity contribution in [3.63, 3.8) is 0 Å². The van der Waals surface area contributed by atoms with E-state index in [1.807, 2.05) is 24.3 Å². The van der Waals surface area contributed by atoms with Gasteiger partial charge in [0.15, 0.2) is 15.0 Å². The predicted octanol–water partition coefficient (Wildman–Crippen LogP) is 3.48. The van der Waals surface area contributed by atoms with Gasteiger partial charge in [-0.3, -0.25) is 14.9 Å². The molecule has 7 nitrogen and oxygen atoms in total. The first kappa shape index (κ1) is 20.2. The van der Waals surface area contributed by atoms with Crippen molar-refractivity contribution in [2.75, 3.05) is 23.0 Å². The largest absolute Gasteiger partial charge is 0.312 e. The molecule has 0 unspecified atom stereocenters. The third-order valence-electron chi connectivity index (χ3n) is 4.72. The zero-order valence-corrected chi connectivity index (χ0v) is 17.8. The summed E-state index contributed by atoms with van der Waals surface area (Å²) in [6.07, 6.45) is 5.70. The molecule has 2 heterocycles. The molecule has 2 aromatic carbocycles. The normalized spacial score (nSPS) is 14.7. The van der Waals surface area contributed by atoms with Crippen LogP contribution >= 0.6 is 11.3 Å². The number of amides is 2. The van der Waals surface area contributed by atoms with Gasteiger partial charge < -0.3 is 4.90 Å². The van der Waals surface area contributed by atoms with E-state index in [4.69, 9.17) is 0 Å². The van der Waals surface area contributed by atoms with Crippen LogP contribution in [0.1, 0.15) is 18.4 Å². The fraction of sp³-hybridized carbons (Fsp3) is 0.190. The summed E-state index contributed by atoms with van der Waals surface area (Å²) in [6.45, 7) is 0.740. The van der Waals surface area contributed by atoms with Gasteiger partial charge in [-0.25, -0.2) is 13.4 Å². The van der Waals surface area contributed by atoms with Crippen LogP contribution in [0.4, 0.5) is 10.8 Å². The van der Waals surface area contributed by atoms with Crippen molar-refractivity contribution in [1.82, 2.24) is 4.98 Å². The molecule has 30 heavy (non-hydrogen) atoms. The molecule has 0 radical (unpaired) electrons. The average Bonchev–Trinajstić information content (AvgIpc) is 3.30. The SMILES string of the molecule is CS(=O)(=O)c1ccc2nc(NC(=O)/C=C/c3ccc(N4CCCC4=O)cc3)sc2c1. The Bertz CT molecular complexity index is 1260. The minimum atomic E-state index is -3.30. The summed E-state index contributed by atoms with van der Waals surface area (Å²) in [5.74, 6) is -0.201. The molecule has 4 rings (SSSR count). The molecule has 1 aromatic heterocycles. The van der Waals surface area contributed by atoms with E-state index in [2.05, 4.69) is 10.3 Å². The predicted molar refractivity (Wildman–Crippen MR) is 118 cm³/mol. The number of aromatic nitrogens is 1. The first-order chi connectivity index (χ1) is 14.3. The fourth-order valence-corrected chi connectivity index (χ4v) is 4.82. The maximum atomic E-state index is 12.2. The van der Waals surface area contributed by atoms with Crippen molar-refractivity contribution in [2.24, 2.45) is 0 Å². The maximum absolute atomic E-state index is 12.2. The highest BCUT2D eigenvalue weighted by molar-refractivity contribution is 7.90. The van der Waals surface area contributed by atoms with E-state index in [9.17, 15) is 18.0 Å². The Balaban J connectivity index is 1.43. The van der Waals surface area contributed by atoms with Crippen molar-refractivity contribution < 1.29 is 18.0 Å². The lowest BCUT2D eigenvalue weighted by molar-refractivity contribution is -0.117. The van der Waals surface area contributed by atoms with E-state index in [0.717, 1.165) is 30.5 Å². The third kappa shape index (κ3) is 4.42. The van der Waals surface area contributed by atoms with Crippen LogP contribution in [0, 0.1) is 0 Å². The summed E-state index contributed by atoms with van der Waals surface area (Å²) in [6, 6.07) is 12.1. The Hall–Kier alpha value is -3.04. The minimum absolute atomic E-state index is 0.136. The number of thiazole rings is 1. The Morgan fingerprint density at radius 2 is 1.97 bits per heavy atom. The van der Waals surface area contributed by atoms with Gasteiger partial charge in [-0.1, -0.05) is 23.5 Å². The summed E-state index contributed by atoms with van der Waals surface area (Å²) in [5, 5.41) is 3.10. The van der Waals surface area contributed by atoms with Crippen molar-refractivity contribution in [3.8, 4) is 0 Å². The summed E-state index contributed by atoms with van der Waals surface area (Å²) >= 11 is 1.21. The Morgan fingerprint density at radius 1 is 1.20 bits per heavy atom. The number of nitrogens with zero attached hydrogens (tertiary/aromatic N) is 2. The second kappa shape index (κ2) is 8.00. The smallest absolute Gasteiger partial charge is 0.250 e. The van der Waals surface area contributed by atoms with Gasteiger partial charge in [0.25, 0.3) is 0 Å². The molecule has 1 N–H and O–H groups in total. The van der Waals surface area contributed by atoms with Crippen molar-refractivity contribution in [3.05, 3.63) is 54.1 Å². The van der Waals surface area contributed by atoms with Crippen LogP contribution in [0.5, 0.6) is 0 Å². The molecular formula is C21H19N3O4S2. The van der Waals surface area contributed by atoms with Crippen LogP contribution in [0.2, 0.25) is 0 Å². The summed E-state index contributed by atoms with van der Waals surface area (Å²) in [5.41, 5.74) is 2.32. The Labute approximate surface area is 178 Å². The van der Waals surface area contributed by atoms with E-state index >= 15 is 0 Å². The van der Waals surface area contributed by atoms with Crippen LogP contribution in [-0.4, -0.2) is 38.0 Å². The molecule has 154 valence electrons. The topological polar surface area (TPSA) is 96.4 Å². The number of sulfone groups is 1. The summed E-state index contributed by atoms with van der Waals surface area (Å²) in [4.78, 5) is 30.3. The van der Waals surface area contributed by atoms with Gasteiger partial charge in [-0.05, 0) is 48.4 Å². The van der Waals surface area contributed by atoms with Gasteiger partial charge in [0.05, 0.1) is 15.1 Å². The van der Waals surface area contributed by atoms with Crippen LogP contribution < -0.4 is 10.2 Å². The molecule has 9 heteroatoms. The van der Waals surface area contributed by atoms with Crippen molar-refractivity contribution in [1.29, 1.82) is 0 Å². The lowest BCUT2D eigenvalue weighted by atomic mass is 10.2. The molecule has 1 saturated heterocycles. The van der Waals surface area contributed by atoms with E-state index in [-0.39, 0.29) is 16.7 Å². The molecule has 0 atom stereocenters. The van der Waals surface area contributed by atoms with Crippen LogP contribution in [0.15, 0.2) is 53.4 Å². The summed E-state index contributed by atoms with van der Waals surface area (Å²) < 4.78 is 24.0. The highest BCUT2D eigenvalue weighted by Gasteiger charge is 2.21. The number of nitrogens with one attached hydrogen (secondary N) is 1. The average molecular weight is 442 g/mol. The fourth-order valence-electron chi connectivity index (χ4n) is 3.19. The molecule has 0 spiro atoms. The second-order valence-corrected chi connectivity index (χ2v) is 10.0. The van der Waals surface area contributed by atoms with E-state index < -0.39 is 9.84 Å². The molecule has 3 aromatic rings. The minimum Gasteiger partial charge on any atom is -0.312 e. The van der Waals surface area contributed by atoms with E-state index in [0.29, 0.717) is 21.8 Å². The number of carbonyl (C=O) groups is 2. The number of hydrogen-bond acceptors (Lipinski definition) is 6. The standard InChI is InChI=1S/C21H19N3O4S2/c1-30(27,28)16-9-10-17-18(13-16)29-21(22-17)23-19(25)11-6-14-4-7-15(8-5-14)24-12-2-3-20(24)26/h4-11,13H,2-3,12H2,1H3,(H,22,23,25)/b11-6+. The van der Waals surface area contributed by atoms with Crippen LogP contribution in [0.3, 0.4) is 0 Å². The number of anilines is 2. The van der Waals surface area contributed by atoms with Crippen molar-refractivity contribution >= 4 is 60.1 Å². The van der Waals surface area contributed by atoms with Gasteiger partial charge in [0.1, 0.15) is 0 Å². The number of carbonyl (C=O) groups excluding carboxylic acids is 2.